The van der Waals surface area contributed by atoms with Crippen molar-refractivity contribution in [3.63, 3.8) is 0 Å². The van der Waals surface area contributed by atoms with Gasteiger partial charge in [0.15, 0.2) is 5.78 Å². The summed E-state index contributed by atoms with van der Waals surface area (Å²) in [6.07, 6.45) is 2.28. The van der Waals surface area contributed by atoms with Gasteiger partial charge in [-0.15, -0.1) is 0 Å². The van der Waals surface area contributed by atoms with Gasteiger partial charge < -0.3 is 10.1 Å². The lowest BCUT2D eigenvalue weighted by atomic mass is 10.1. The molecule has 2 rings (SSSR count). The molecule has 0 bridgehead atoms. The van der Waals surface area contributed by atoms with Crippen LogP contribution in [0.3, 0.4) is 0 Å². The van der Waals surface area contributed by atoms with Crippen molar-refractivity contribution in [2.24, 2.45) is 0 Å². The van der Waals surface area contributed by atoms with Crippen LogP contribution in [0.5, 0.6) is 0 Å². The predicted octanol–water partition coefficient (Wildman–Crippen LogP) is 2.36. The summed E-state index contributed by atoms with van der Waals surface area (Å²) in [5, 5.41) is 3.28. The fraction of sp³-hybridized carbons (Fsp3) is 0.500. The molecule has 1 aliphatic rings. The van der Waals surface area contributed by atoms with Crippen molar-refractivity contribution in [1.29, 1.82) is 0 Å². The highest BCUT2D eigenvalue weighted by molar-refractivity contribution is 6.30. The zero-order chi connectivity index (χ0) is 13.7. The van der Waals surface area contributed by atoms with Gasteiger partial charge in [-0.25, -0.2) is 4.39 Å². The molecule has 0 saturated carbocycles. The molecule has 3 nitrogen and oxygen atoms in total. The van der Waals surface area contributed by atoms with E-state index in [-0.39, 0.29) is 29.9 Å². The van der Waals surface area contributed by atoms with E-state index in [0.717, 1.165) is 25.9 Å². The number of Topliss-reactive ketones (excluding diaryl/α,β-unsaturated/α-hetero) is 1. The van der Waals surface area contributed by atoms with Crippen LogP contribution in [0.4, 0.5) is 4.39 Å². The molecule has 0 radical (unpaired) electrons. The Kier molecular flexibility index (Phi) is 5.31. The Labute approximate surface area is 117 Å². The molecule has 0 aromatic heterocycles. The van der Waals surface area contributed by atoms with Crippen molar-refractivity contribution in [2.45, 2.75) is 25.4 Å². The van der Waals surface area contributed by atoms with E-state index in [1.54, 1.807) is 6.07 Å². The van der Waals surface area contributed by atoms with E-state index in [2.05, 4.69) is 5.32 Å². The van der Waals surface area contributed by atoms with Crippen molar-refractivity contribution in [3.8, 4) is 0 Å². The molecule has 0 atom stereocenters. The SMILES string of the molecule is O=C(COC1CCNCC1)Cc1ccc(F)c(Cl)c1. The Morgan fingerprint density at radius 3 is 2.84 bits per heavy atom. The summed E-state index contributed by atoms with van der Waals surface area (Å²) >= 11 is 5.67. The zero-order valence-corrected chi connectivity index (χ0v) is 11.4. The van der Waals surface area contributed by atoms with Crippen molar-refractivity contribution in [1.82, 2.24) is 5.32 Å². The van der Waals surface area contributed by atoms with Gasteiger partial charge in [-0.3, -0.25) is 4.79 Å². The maximum absolute atomic E-state index is 13.0. The molecular formula is C14H17ClFNO2. The number of ketones is 1. The molecule has 1 N–H and O–H groups in total. The van der Waals surface area contributed by atoms with Gasteiger partial charge in [-0.1, -0.05) is 17.7 Å². The fourth-order valence-electron chi connectivity index (χ4n) is 2.10. The first kappa shape index (κ1) is 14.4. The molecular weight excluding hydrogens is 269 g/mol. The Balaban J connectivity index is 1.78. The van der Waals surface area contributed by atoms with E-state index in [4.69, 9.17) is 16.3 Å². The first-order valence-electron chi connectivity index (χ1n) is 6.43. The van der Waals surface area contributed by atoms with Crippen LogP contribution in [-0.2, 0) is 16.0 Å². The minimum Gasteiger partial charge on any atom is -0.370 e. The first-order chi connectivity index (χ1) is 9.15. The minimum atomic E-state index is -0.469. The lowest BCUT2D eigenvalue weighted by Crippen LogP contribution is -2.33. The third kappa shape index (κ3) is 4.56. The molecule has 1 aromatic rings. The molecule has 0 spiro atoms. The summed E-state index contributed by atoms with van der Waals surface area (Å²) in [4.78, 5) is 11.8. The second kappa shape index (κ2) is 6.98. The molecule has 1 aliphatic heterocycles. The number of hydrogen-bond donors (Lipinski definition) is 1. The summed E-state index contributed by atoms with van der Waals surface area (Å²) in [6, 6.07) is 4.33. The smallest absolute Gasteiger partial charge is 0.162 e. The van der Waals surface area contributed by atoms with Crippen LogP contribution in [0.2, 0.25) is 5.02 Å². The van der Waals surface area contributed by atoms with Crippen LogP contribution < -0.4 is 5.32 Å². The standard InChI is InChI=1S/C14H17ClFNO2/c15-13-8-10(1-2-14(13)16)7-11(18)9-19-12-3-5-17-6-4-12/h1-2,8,12,17H,3-7,9H2. The largest absolute Gasteiger partial charge is 0.370 e. The van der Waals surface area contributed by atoms with E-state index >= 15 is 0 Å². The van der Waals surface area contributed by atoms with E-state index in [1.165, 1.54) is 12.1 Å². The van der Waals surface area contributed by atoms with Crippen LogP contribution >= 0.6 is 11.6 Å². The van der Waals surface area contributed by atoms with Crippen LogP contribution in [0.25, 0.3) is 0 Å². The second-order valence-corrected chi connectivity index (χ2v) is 5.13. The van der Waals surface area contributed by atoms with Crippen molar-refractivity contribution < 1.29 is 13.9 Å². The number of rotatable bonds is 5. The van der Waals surface area contributed by atoms with Crippen LogP contribution in [0.1, 0.15) is 18.4 Å². The number of benzene rings is 1. The maximum atomic E-state index is 13.0. The summed E-state index contributed by atoms with van der Waals surface area (Å²) in [6.45, 7) is 1.98. The van der Waals surface area contributed by atoms with Crippen LogP contribution in [0, 0.1) is 5.82 Å². The number of piperidine rings is 1. The minimum absolute atomic E-state index is 0.0128. The lowest BCUT2D eigenvalue weighted by Gasteiger charge is -2.22. The van der Waals surface area contributed by atoms with Crippen LogP contribution in [-0.4, -0.2) is 31.6 Å². The third-order valence-corrected chi connectivity index (χ3v) is 3.44. The molecule has 19 heavy (non-hydrogen) atoms. The van der Waals surface area contributed by atoms with E-state index < -0.39 is 5.82 Å². The highest BCUT2D eigenvalue weighted by Gasteiger charge is 2.15. The molecule has 5 heteroatoms. The first-order valence-corrected chi connectivity index (χ1v) is 6.81. The van der Waals surface area contributed by atoms with Gasteiger partial charge in [0, 0.05) is 6.42 Å². The van der Waals surface area contributed by atoms with Gasteiger partial charge in [-0.2, -0.15) is 0 Å². The Hall–Kier alpha value is -0.970. The molecule has 1 saturated heterocycles. The summed E-state index contributed by atoms with van der Waals surface area (Å²) in [5.74, 6) is -0.481. The van der Waals surface area contributed by atoms with Crippen LogP contribution in [0.15, 0.2) is 18.2 Å². The topological polar surface area (TPSA) is 38.3 Å². The normalized spacial score (nSPS) is 16.5. The summed E-state index contributed by atoms with van der Waals surface area (Å²) < 4.78 is 18.6. The number of nitrogens with one attached hydrogen (secondary N) is 1. The molecule has 1 aromatic carbocycles. The van der Waals surface area contributed by atoms with E-state index in [9.17, 15) is 9.18 Å². The molecule has 1 heterocycles. The Morgan fingerprint density at radius 2 is 2.16 bits per heavy atom. The van der Waals surface area contributed by atoms with Crippen molar-refractivity contribution in [3.05, 3.63) is 34.6 Å². The number of hydrogen-bond acceptors (Lipinski definition) is 3. The molecule has 104 valence electrons. The van der Waals surface area contributed by atoms with Gasteiger partial charge in [0.2, 0.25) is 0 Å². The fourth-order valence-corrected chi connectivity index (χ4v) is 2.30. The van der Waals surface area contributed by atoms with Gasteiger partial charge in [0.1, 0.15) is 12.4 Å². The quantitative estimate of drug-likeness (QED) is 0.903. The second-order valence-electron chi connectivity index (χ2n) is 4.72. The molecule has 1 fully saturated rings. The molecule has 0 unspecified atom stereocenters. The van der Waals surface area contributed by atoms with Gasteiger partial charge >= 0.3 is 0 Å². The summed E-state index contributed by atoms with van der Waals surface area (Å²) in [5.41, 5.74) is 0.713. The van der Waals surface area contributed by atoms with Crippen molar-refractivity contribution in [2.75, 3.05) is 19.7 Å². The number of ether oxygens (including phenoxy) is 1. The van der Waals surface area contributed by atoms with E-state index in [0.29, 0.717) is 5.56 Å². The molecule has 0 aliphatic carbocycles. The van der Waals surface area contributed by atoms with Gasteiger partial charge in [-0.05, 0) is 43.6 Å². The predicted molar refractivity (Wildman–Crippen MR) is 72.0 cm³/mol. The monoisotopic (exact) mass is 285 g/mol. The van der Waals surface area contributed by atoms with Gasteiger partial charge in [0.05, 0.1) is 11.1 Å². The zero-order valence-electron chi connectivity index (χ0n) is 10.6. The number of carbonyl (C=O) groups is 1. The average molecular weight is 286 g/mol. The number of carbonyl (C=O) groups excluding carboxylic acids is 1. The summed E-state index contributed by atoms with van der Waals surface area (Å²) in [7, 11) is 0. The lowest BCUT2D eigenvalue weighted by molar-refractivity contribution is -0.125. The number of halogens is 2. The third-order valence-electron chi connectivity index (χ3n) is 3.15. The average Bonchev–Trinajstić information content (AvgIpc) is 2.42. The van der Waals surface area contributed by atoms with Gasteiger partial charge in [0.25, 0.3) is 0 Å². The van der Waals surface area contributed by atoms with E-state index in [1.807, 2.05) is 0 Å². The Morgan fingerprint density at radius 1 is 1.42 bits per heavy atom. The highest BCUT2D eigenvalue weighted by Crippen LogP contribution is 2.16. The Bertz CT molecular complexity index is 447. The maximum Gasteiger partial charge on any atom is 0.162 e. The highest BCUT2D eigenvalue weighted by atomic mass is 35.5. The van der Waals surface area contributed by atoms with Crippen molar-refractivity contribution >= 4 is 17.4 Å². The molecule has 0 amide bonds.